The van der Waals surface area contributed by atoms with Crippen LogP contribution in [0.2, 0.25) is 0 Å². The first-order chi connectivity index (χ1) is 5.15. The van der Waals surface area contributed by atoms with E-state index in [1.165, 1.54) is 5.92 Å². The second-order valence-electron chi connectivity index (χ2n) is 1.63. The van der Waals surface area contributed by atoms with Crippen molar-refractivity contribution < 1.29 is 29.1 Å². The van der Waals surface area contributed by atoms with Crippen LogP contribution >= 0.6 is 0 Å². The molecule has 0 aliphatic heterocycles. The van der Waals surface area contributed by atoms with Crippen molar-refractivity contribution in [1.29, 1.82) is 0 Å². The molecule has 0 heterocycles. The number of hydrogen-bond acceptors (Lipinski definition) is 3. The van der Waals surface area contributed by atoms with Crippen molar-refractivity contribution in [2.45, 2.75) is 20.8 Å². The fraction of sp³-hybridized carbons (Fsp3) is 0.429. The molecule has 0 spiro atoms. The van der Waals surface area contributed by atoms with Crippen molar-refractivity contribution in [1.82, 2.24) is 0 Å². The number of nitrogens with two attached hydrogens (primary N) is 1. The molecule has 12 heavy (non-hydrogen) atoms. The van der Waals surface area contributed by atoms with Gasteiger partial charge in [0.25, 0.3) is 0 Å². The normalized spacial score (nSPS) is 4.25. The van der Waals surface area contributed by atoms with Crippen LogP contribution in [0.1, 0.15) is 20.8 Å². The first-order valence-electron chi connectivity index (χ1n) is 2.45. The van der Waals surface area contributed by atoms with Gasteiger partial charge in [0.15, 0.2) is 0 Å². The van der Waals surface area contributed by atoms with E-state index in [0.717, 1.165) is 0 Å². The van der Waals surface area contributed by atoms with Crippen LogP contribution in [0.15, 0.2) is 0 Å². The first kappa shape index (κ1) is 30.3. The molecular formula is C7H13N2O2Ru+. The fourth-order valence-corrected chi connectivity index (χ4v) is 0. The molecule has 70 valence electrons. The number of hydrogen-bond donors (Lipinski definition) is 1. The maximum absolute atomic E-state index is 7.75. The molecule has 0 aromatic heterocycles. The molecule has 0 unspecified atom stereocenters. The Bertz CT molecular complexity index is 79.2. The summed E-state index contributed by atoms with van der Waals surface area (Å²) in [4.78, 5) is 17.8. The topological polar surface area (TPSA) is 64.5 Å². The van der Waals surface area contributed by atoms with Gasteiger partial charge in [-0.1, -0.05) is 0 Å². The van der Waals surface area contributed by atoms with Crippen molar-refractivity contribution in [3.63, 3.8) is 0 Å². The van der Waals surface area contributed by atoms with E-state index in [1.807, 2.05) is 0 Å². The average Bonchev–Trinajstić information content (AvgIpc) is 1.96. The molecule has 0 fully saturated rings. The van der Waals surface area contributed by atoms with Gasteiger partial charge in [-0.15, -0.1) is 5.84 Å². The monoisotopic (exact) mass is 259 g/mol. The summed E-state index contributed by atoms with van der Waals surface area (Å²) in [6, 6.07) is 0. The fourth-order valence-electron chi connectivity index (χ4n) is 0. The molecule has 0 aromatic carbocycles. The minimum atomic E-state index is 0. The number of carbonyl (C=O) groups excluding carboxylic acids is 2. The molecule has 0 aliphatic carbocycles. The van der Waals surface area contributed by atoms with Gasteiger partial charge in [-0.2, -0.15) is 32.3 Å². The van der Waals surface area contributed by atoms with Crippen LogP contribution in [-0.2, 0) is 29.1 Å². The Balaban J connectivity index is -0.0000000186. The molecule has 0 bridgehead atoms. The summed E-state index contributed by atoms with van der Waals surface area (Å²) in [6.45, 7) is 18.4. The summed E-state index contributed by atoms with van der Waals surface area (Å²) in [6.07, 6.45) is 0. The van der Waals surface area contributed by atoms with E-state index in [-0.39, 0.29) is 19.5 Å². The Morgan fingerprint density at radius 3 is 1.17 bits per heavy atom. The zero-order valence-electron chi connectivity index (χ0n) is 7.35. The average molecular weight is 258 g/mol. The summed E-state index contributed by atoms with van der Waals surface area (Å²) >= 11 is 0. The summed E-state index contributed by atoms with van der Waals surface area (Å²) in [5, 5.41) is 0. The predicted molar refractivity (Wildman–Crippen MR) is 44.6 cm³/mol. The van der Waals surface area contributed by atoms with Gasteiger partial charge < -0.3 is 15.5 Å². The van der Waals surface area contributed by atoms with Gasteiger partial charge in [0, 0.05) is 0 Å². The molecule has 4 nitrogen and oxygen atoms in total. The molecule has 0 amide bonds. The largest absolute Gasteiger partial charge is 4.00 e. The van der Waals surface area contributed by atoms with E-state index in [4.69, 9.17) is 16.2 Å². The predicted octanol–water partition coefficient (Wildman–Crippen LogP) is 0.849. The second-order valence-corrected chi connectivity index (χ2v) is 1.63. The Morgan fingerprint density at radius 2 is 1.17 bits per heavy atom. The van der Waals surface area contributed by atoms with Gasteiger partial charge in [-0.25, -0.2) is 0 Å². The minimum Gasteiger partial charge on any atom is -0.545 e. The van der Waals surface area contributed by atoms with Gasteiger partial charge in [0.2, 0.25) is 0 Å². The summed E-state index contributed by atoms with van der Waals surface area (Å²) in [5.41, 5.74) is 0. The quantitative estimate of drug-likeness (QED) is 0.230. The van der Waals surface area contributed by atoms with Gasteiger partial charge in [0.05, 0.1) is 0 Å². The van der Waals surface area contributed by atoms with Crippen LogP contribution in [0.5, 0.6) is 0 Å². The van der Waals surface area contributed by atoms with Gasteiger partial charge in [-0.3, -0.25) is 13.6 Å². The third-order valence-corrected chi connectivity index (χ3v) is 0. The van der Waals surface area contributed by atoms with Crippen molar-refractivity contribution in [3.05, 3.63) is 17.4 Å². The molecule has 0 aliphatic rings. The van der Waals surface area contributed by atoms with E-state index in [0.29, 0.717) is 0 Å². The zero-order chi connectivity index (χ0) is 10.3. The molecule has 0 radical (unpaired) electrons. The molecule has 0 saturated heterocycles. The van der Waals surface area contributed by atoms with Crippen molar-refractivity contribution in [2.75, 3.05) is 0 Å². The van der Waals surface area contributed by atoms with Gasteiger partial charge in [0.1, 0.15) is 0 Å². The third kappa shape index (κ3) is 1130. The summed E-state index contributed by atoms with van der Waals surface area (Å²) in [7, 11) is 0. The Labute approximate surface area is 87.1 Å². The van der Waals surface area contributed by atoms with Crippen LogP contribution in [-0.4, -0.2) is 13.6 Å². The molecule has 0 atom stereocenters. The molecule has 5 heteroatoms. The molecule has 0 aromatic rings. The van der Waals surface area contributed by atoms with E-state index >= 15 is 0 Å². The second kappa shape index (κ2) is 82.9. The van der Waals surface area contributed by atoms with Crippen LogP contribution in [0.25, 0.3) is 4.95 Å². The molecule has 0 saturated carbocycles. The maximum Gasteiger partial charge on any atom is 4.00 e. The Morgan fingerprint density at radius 1 is 1.17 bits per heavy atom. The summed E-state index contributed by atoms with van der Waals surface area (Å²) < 4.78 is 0. The first-order valence-corrected chi connectivity index (χ1v) is 2.45. The maximum atomic E-state index is 7.75. The number of rotatable bonds is 0. The van der Waals surface area contributed by atoms with Crippen molar-refractivity contribution >= 4 is 13.6 Å². The number of nitrogens with zero attached hydrogens (tertiary/aromatic N) is 1. The van der Waals surface area contributed by atoms with E-state index in [1.54, 1.807) is 0 Å². The smallest absolute Gasteiger partial charge is 0.545 e. The minimum absolute atomic E-state index is 0. The van der Waals surface area contributed by atoms with E-state index in [9.17, 15) is 0 Å². The van der Waals surface area contributed by atoms with Crippen LogP contribution in [0.3, 0.4) is 0 Å². The Kier molecular flexibility index (Phi) is 209. The zero-order valence-corrected chi connectivity index (χ0v) is 9.09. The van der Waals surface area contributed by atoms with E-state index in [2.05, 4.69) is 45.1 Å². The Hall–Kier alpha value is -0.747. The summed E-state index contributed by atoms with van der Waals surface area (Å²) in [5.74, 6) is 5.56. The van der Waals surface area contributed by atoms with Crippen LogP contribution < -0.4 is 5.84 Å². The molecular weight excluding hydrogens is 245 g/mol. The van der Waals surface area contributed by atoms with Crippen LogP contribution in [0.4, 0.5) is 0 Å². The van der Waals surface area contributed by atoms with E-state index < -0.39 is 0 Å². The van der Waals surface area contributed by atoms with Crippen LogP contribution in [0, 0.1) is 12.5 Å². The standard InChI is InChI=1S/C4H9.CH2N2.2CHO.Ru/c1-4(2)3;1-3-2;2*1-2;/h1-3H3;2H2;2*1H;/q-1;;2*-1;+4. The molecule has 2 N–H and O–H groups in total. The van der Waals surface area contributed by atoms with Gasteiger partial charge >= 0.3 is 19.5 Å². The molecule has 0 rings (SSSR count). The third-order valence-electron chi connectivity index (χ3n) is 0. The van der Waals surface area contributed by atoms with Crippen molar-refractivity contribution in [2.24, 2.45) is 5.84 Å². The SMILES string of the molecule is C[C-](C)C.[C-]#[N+]N.[CH-]=O.[CH-]=O.[Ru+4]. The van der Waals surface area contributed by atoms with Crippen molar-refractivity contribution in [3.8, 4) is 0 Å². The van der Waals surface area contributed by atoms with Gasteiger partial charge in [-0.05, 0) is 0 Å².